The van der Waals surface area contributed by atoms with Crippen molar-refractivity contribution < 1.29 is 15.1 Å². The zero-order valence-corrected chi connectivity index (χ0v) is 11.5. The fraction of sp³-hybridized carbons (Fsp3) is 0. The first kappa shape index (κ1) is 14.7. The first-order valence-corrected chi connectivity index (χ1v) is 6.27. The quantitative estimate of drug-likeness (QED) is 0.302. The summed E-state index contributed by atoms with van der Waals surface area (Å²) in [5.41, 5.74) is 6.27. The highest BCUT2D eigenvalue weighted by atomic mass is 35.5. The number of aromatic hydroxyl groups is 1. The van der Waals surface area contributed by atoms with Crippen LogP contribution in [0.4, 0.5) is 5.69 Å². The number of carbonyl (C=O) groups excluding carboxylic acids is 1. The Morgan fingerprint density at radius 1 is 1.19 bits per heavy atom. The van der Waals surface area contributed by atoms with Crippen LogP contribution in [0.1, 0.15) is 15.9 Å². The minimum absolute atomic E-state index is 0.0248. The Morgan fingerprint density at radius 3 is 2.62 bits per heavy atom. The van der Waals surface area contributed by atoms with Gasteiger partial charge in [0.25, 0.3) is 5.91 Å². The summed E-state index contributed by atoms with van der Waals surface area (Å²) < 4.78 is 0. The van der Waals surface area contributed by atoms with E-state index in [0.717, 1.165) is 0 Å². The third kappa shape index (κ3) is 3.24. The van der Waals surface area contributed by atoms with Crippen molar-refractivity contribution in [3.63, 3.8) is 0 Å². The van der Waals surface area contributed by atoms with Crippen molar-refractivity contribution in [1.29, 1.82) is 0 Å². The number of hydrogen-bond donors (Lipinski definition) is 4. The van der Waals surface area contributed by atoms with E-state index >= 15 is 0 Å². The van der Waals surface area contributed by atoms with Crippen molar-refractivity contribution in [2.75, 3.05) is 5.32 Å². The summed E-state index contributed by atoms with van der Waals surface area (Å²) in [6.45, 7) is 0. The van der Waals surface area contributed by atoms with Gasteiger partial charge in [-0.05, 0) is 30.3 Å². The highest BCUT2D eigenvalue weighted by Gasteiger charge is 2.14. The number of hydrogen-bond acceptors (Lipinski definition) is 4. The molecule has 0 saturated carbocycles. The maximum atomic E-state index is 12.2. The number of halogens is 1. The second-order valence-electron chi connectivity index (χ2n) is 4.15. The van der Waals surface area contributed by atoms with Crippen LogP contribution in [-0.4, -0.2) is 22.1 Å². The van der Waals surface area contributed by atoms with Crippen LogP contribution in [0, 0.1) is 0 Å². The van der Waals surface area contributed by atoms with Gasteiger partial charge in [-0.15, -0.1) is 0 Å². The van der Waals surface area contributed by atoms with E-state index in [1.54, 1.807) is 24.3 Å². The maximum Gasteiger partial charge on any atom is 0.259 e. The first-order valence-electron chi connectivity index (χ1n) is 5.89. The number of para-hydroxylation sites is 1. The van der Waals surface area contributed by atoms with Gasteiger partial charge in [0, 0.05) is 10.6 Å². The molecule has 0 aliphatic heterocycles. The molecule has 0 fully saturated rings. The molecule has 6 nitrogen and oxygen atoms in total. The smallest absolute Gasteiger partial charge is 0.259 e. The molecule has 0 saturated heterocycles. The zero-order chi connectivity index (χ0) is 15.4. The minimum atomic E-state index is -0.562. The summed E-state index contributed by atoms with van der Waals surface area (Å²) in [6.07, 6.45) is 0. The molecule has 0 unspecified atom stereocenters. The van der Waals surface area contributed by atoms with Crippen molar-refractivity contribution >= 4 is 29.0 Å². The van der Waals surface area contributed by atoms with Gasteiger partial charge in [0.2, 0.25) is 0 Å². The normalized spacial score (nSPS) is 11.2. The van der Waals surface area contributed by atoms with E-state index in [2.05, 4.69) is 10.5 Å². The van der Waals surface area contributed by atoms with E-state index in [4.69, 9.17) is 22.5 Å². The average molecular weight is 306 g/mol. The van der Waals surface area contributed by atoms with E-state index in [9.17, 15) is 9.90 Å². The van der Waals surface area contributed by atoms with Crippen molar-refractivity contribution in [2.24, 2.45) is 10.9 Å². The van der Waals surface area contributed by atoms with Crippen molar-refractivity contribution in [3.8, 4) is 5.75 Å². The van der Waals surface area contributed by atoms with Crippen molar-refractivity contribution in [2.45, 2.75) is 0 Å². The lowest BCUT2D eigenvalue weighted by Crippen LogP contribution is -2.19. The molecule has 0 radical (unpaired) electrons. The van der Waals surface area contributed by atoms with E-state index in [-0.39, 0.29) is 17.1 Å². The number of rotatable bonds is 3. The summed E-state index contributed by atoms with van der Waals surface area (Å²) >= 11 is 5.80. The summed E-state index contributed by atoms with van der Waals surface area (Å²) in [5, 5.41) is 24.2. The molecule has 0 aliphatic rings. The van der Waals surface area contributed by atoms with Crippen LogP contribution in [0.25, 0.3) is 0 Å². The molecule has 2 aromatic carbocycles. The Bertz CT molecular complexity index is 716. The third-order valence-corrected chi connectivity index (χ3v) is 3.00. The van der Waals surface area contributed by atoms with Crippen LogP contribution in [0.15, 0.2) is 47.6 Å². The Morgan fingerprint density at radius 2 is 1.90 bits per heavy atom. The van der Waals surface area contributed by atoms with Gasteiger partial charge in [-0.1, -0.05) is 28.9 Å². The van der Waals surface area contributed by atoms with Crippen LogP contribution in [0.3, 0.4) is 0 Å². The third-order valence-electron chi connectivity index (χ3n) is 2.76. The first-order chi connectivity index (χ1) is 10.0. The molecule has 108 valence electrons. The number of nitrogens with zero attached hydrogens (tertiary/aromatic N) is 1. The number of nitrogens with two attached hydrogens (primary N) is 1. The Labute approximate surface area is 125 Å². The van der Waals surface area contributed by atoms with Gasteiger partial charge >= 0.3 is 0 Å². The Kier molecular flexibility index (Phi) is 4.30. The van der Waals surface area contributed by atoms with E-state index in [1.165, 1.54) is 18.2 Å². The summed E-state index contributed by atoms with van der Waals surface area (Å²) in [4.78, 5) is 12.2. The summed E-state index contributed by atoms with van der Waals surface area (Å²) in [7, 11) is 0. The standard InChI is InChI=1S/C14H12ClN3O3/c15-8-5-6-12(19)10(7-8)14(20)17-11-4-2-1-3-9(11)13(16)18-21/h1-7,19,21H,(H2,16,18)(H,17,20). The number of phenols is 1. The molecule has 2 aromatic rings. The van der Waals surface area contributed by atoms with Gasteiger partial charge in [-0.2, -0.15) is 0 Å². The van der Waals surface area contributed by atoms with E-state index in [0.29, 0.717) is 16.3 Å². The molecule has 0 heterocycles. The van der Waals surface area contributed by atoms with Crippen LogP contribution >= 0.6 is 11.6 Å². The predicted molar refractivity (Wildman–Crippen MR) is 80.0 cm³/mol. The molecule has 0 aromatic heterocycles. The number of amides is 1. The van der Waals surface area contributed by atoms with Crippen LogP contribution in [0.5, 0.6) is 5.75 Å². The molecular weight excluding hydrogens is 294 g/mol. The van der Waals surface area contributed by atoms with Crippen LogP contribution < -0.4 is 11.1 Å². The minimum Gasteiger partial charge on any atom is -0.507 e. The van der Waals surface area contributed by atoms with Crippen LogP contribution in [0.2, 0.25) is 5.02 Å². The molecule has 0 atom stereocenters. The second kappa shape index (κ2) is 6.15. The topological polar surface area (TPSA) is 108 Å². The lowest BCUT2D eigenvalue weighted by molar-refractivity contribution is 0.102. The van der Waals surface area contributed by atoms with E-state index < -0.39 is 5.91 Å². The fourth-order valence-corrected chi connectivity index (χ4v) is 1.92. The van der Waals surface area contributed by atoms with Gasteiger partial charge in [0.15, 0.2) is 5.84 Å². The number of oxime groups is 1. The van der Waals surface area contributed by atoms with Crippen LogP contribution in [-0.2, 0) is 0 Å². The average Bonchev–Trinajstić information content (AvgIpc) is 2.49. The molecule has 1 amide bonds. The number of amidine groups is 1. The molecule has 2 rings (SSSR count). The largest absolute Gasteiger partial charge is 0.507 e. The van der Waals surface area contributed by atoms with Crippen molar-refractivity contribution in [3.05, 3.63) is 58.6 Å². The number of nitrogens with one attached hydrogen (secondary N) is 1. The fourth-order valence-electron chi connectivity index (χ4n) is 1.75. The van der Waals surface area contributed by atoms with Gasteiger partial charge < -0.3 is 21.4 Å². The molecule has 21 heavy (non-hydrogen) atoms. The number of anilines is 1. The van der Waals surface area contributed by atoms with Gasteiger partial charge in [0.1, 0.15) is 5.75 Å². The summed E-state index contributed by atoms with van der Waals surface area (Å²) in [6, 6.07) is 10.7. The highest BCUT2D eigenvalue weighted by Crippen LogP contribution is 2.23. The SMILES string of the molecule is N/C(=N/O)c1ccccc1NC(=O)c1cc(Cl)ccc1O. The molecule has 7 heteroatoms. The van der Waals surface area contributed by atoms with Gasteiger partial charge in [0.05, 0.1) is 11.3 Å². The number of benzene rings is 2. The molecule has 0 bridgehead atoms. The highest BCUT2D eigenvalue weighted by molar-refractivity contribution is 6.31. The zero-order valence-electron chi connectivity index (χ0n) is 10.7. The van der Waals surface area contributed by atoms with E-state index in [1.807, 2.05) is 0 Å². The van der Waals surface area contributed by atoms with Gasteiger partial charge in [-0.25, -0.2) is 0 Å². The monoisotopic (exact) mass is 305 g/mol. The summed E-state index contributed by atoms with van der Waals surface area (Å²) in [5.74, 6) is -0.896. The Balaban J connectivity index is 2.34. The molecular formula is C14H12ClN3O3. The number of phenolic OH excluding ortho intramolecular Hbond substituents is 1. The molecule has 5 N–H and O–H groups in total. The lowest BCUT2D eigenvalue weighted by atomic mass is 10.1. The maximum absolute atomic E-state index is 12.2. The van der Waals surface area contributed by atoms with Crippen molar-refractivity contribution in [1.82, 2.24) is 0 Å². The molecule has 0 aliphatic carbocycles. The second-order valence-corrected chi connectivity index (χ2v) is 4.58. The Hall–Kier alpha value is -2.73. The molecule has 0 spiro atoms. The number of carbonyl (C=O) groups is 1. The van der Waals surface area contributed by atoms with Gasteiger partial charge in [-0.3, -0.25) is 4.79 Å². The predicted octanol–water partition coefficient (Wildman–Crippen LogP) is 2.39. The lowest BCUT2D eigenvalue weighted by Gasteiger charge is -2.11.